The molecular weight excluding hydrogens is 356 g/mol. The van der Waals surface area contributed by atoms with Gasteiger partial charge in [-0.1, -0.05) is 17.7 Å². The summed E-state index contributed by atoms with van der Waals surface area (Å²) in [5, 5.41) is 13.9. The molecule has 2 aromatic rings. The Bertz CT molecular complexity index is 630. The van der Waals surface area contributed by atoms with Crippen molar-refractivity contribution in [2.75, 3.05) is 12.5 Å². The lowest BCUT2D eigenvalue weighted by molar-refractivity contribution is 0.372. The van der Waals surface area contributed by atoms with E-state index in [-0.39, 0.29) is 18.2 Å². The zero-order valence-electron chi connectivity index (χ0n) is 11.6. The van der Waals surface area contributed by atoms with Crippen molar-refractivity contribution >= 4 is 40.2 Å². The van der Waals surface area contributed by atoms with E-state index in [0.29, 0.717) is 10.2 Å². The Hall–Kier alpha value is -1.72. The molecule has 0 saturated carbocycles. The molecule has 0 spiro atoms. The van der Waals surface area contributed by atoms with Crippen LogP contribution in [0.15, 0.2) is 46.0 Å². The molecule has 0 saturated heterocycles. The van der Waals surface area contributed by atoms with E-state index in [0.717, 1.165) is 11.3 Å². The number of methoxy groups -OCH3 is 1. The molecule has 0 amide bonds. The average molecular weight is 372 g/mol. The van der Waals surface area contributed by atoms with Gasteiger partial charge in [-0.25, -0.2) is 0 Å². The monoisotopic (exact) mass is 370 g/mol. The maximum atomic E-state index is 9.72. The van der Waals surface area contributed by atoms with Gasteiger partial charge in [0.15, 0.2) is 11.5 Å². The van der Waals surface area contributed by atoms with Crippen LogP contribution in [0.4, 0.5) is 5.69 Å². The Morgan fingerprint density at radius 3 is 2.52 bits per heavy atom. The summed E-state index contributed by atoms with van der Waals surface area (Å²) in [6.07, 6.45) is 1.66. The molecule has 21 heavy (non-hydrogen) atoms. The van der Waals surface area contributed by atoms with E-state index in [9.17, 15) is 5.11 Å². The largest absolute Gasteiger partial charge is 0.503 e. The van der Waals surface area contributed by atoms with Crippen molar-refractivity contribution in [3.05, 3.63) is 52.0 Å². The van der Waals surface area contributed by atoms with Crippen molar-refractivity contribution in [3.63, 3.8) is 0 Å². The highest BCUT2D eigenvalue weighted by Crippen LogP contribution is 2.34. The summed E-state index contributed by atoms with van der Waals surface area (Å²) in [4.78, 5) is 0. The molecule has 112 valence electrons. The first-order valence-corrected chi connectivity index (χ1v) is 6.81. The van der Waals surface area contributed by atoms with Gasteiger partial charge in [0.25, 0.3) is 0 Å². The van der Waals surface area contributed by atoms with E-state index in [2.05, 4.69) is 26.5 Å². The minimum atomic E-state index is 0. The maximum absolute atomic E-state index is 9.72. The number of hydrogen-bond acceptors (Lipinski definition) is 4. The highest BCUT2D eigenvalue weighted by Gasteiger charge is 2.07. The van der Waals surface area contributed by atoms with Gasteiger partial charge in [-0.2, -0.15) is 5.10 Å². The molecular formula is C15H16BrClN2O2. The second-order valence-electron chi connectivity index (χ2n) is 4.29. The Balaban J connectivity index is 0.00000220. The number of rotatable bonds is 4. The fraction of sp³-hybridized carbons (Fsp3) is 0.133. The van der Waals surface area contributed by atoms with Gasteiger partial charge < -0.3 is 9.84 Å². The molecule has 0 fully saturated rings. The minimum Gasteiger partial charge on any atom is -0.503 e. The van der Waals surface area contributed by atoms with E-state index in [1.165, 1.54) is 12.7 Å². The van der Waals surface area contributed by atoms with Crippen LogP contribution >= 0.6 is 28.3 Å². The van der Waals surface area contributed by atoms with E-state index >= 15 is 0 Å². The number of phenols is 1. The number of hydrogen-bond donors (Lipinski definition) is 2. The fourth-order valence-electron chi connectivity index (χ4n) is 1.63. The number of halogens is 2. The normalized spacial score (nSPS) is 10.2. The quantitative estimate of drug-likeness (QED) is 0.621. The molecule has 0 heterocycles. The first-order valence-electron chi connectivity index (χ1n) is 6.02. The SMILES string of the molecule is COc1cc(/C=N/Nc2ccc(C)cc2)cc(Br)c1O.Cl. The summed E-state index contributed by atoms with van der Waals surface area (Å²) in [6, 6.07) is 11.4. The molecule has 6 heteroatoms. The summed E-state index contributed by atoms with van der Waals surface area (Å²) in [7, 11) is 1.51. The zero-order chi connectivity index (χ0) is 14.5. The zero-order valence-corrected chi connectivity index (χ0v) is 14.0. The number of ether oxygens (including phenoxy) is 1. The maximum Gasteiger partial charge on any atom is 0.172 e. The average Bonchev–Trinajstić information content (AvgIpc) is 2.44. The number of benzene rings is 2. The fourth-order valence-corrected chi connectivity index (χ4v) is 2.09. The summed E-state index contributed by atoms with van der Waals surface area (Å²) >= 11 is 3.27. The molecule has 2 N–H and O–H groups in total. The molecule has 0 aromatic heterocycles. The lowest BCUT2D eigenvalue weighted by Gasteiger charge is -2.06. The Kier molecular flexibility index (Phi) is 6.52. The van der Waals surface area contributed by atoms with Crippen molar-refractivity contribution in [2.24, 2.45) is 5.10 Å². The molecule has 0 aliphatic carbocycles. The highest BCUT2D eigenvalue weighted by molar-refractivity contribution is 9.10. The van der Waals surface area contributed by atoms with Gasteiger partial charge in [-0.3, -0.25) is 5.43 Å². The smallest absolute Gasteiger partial charge is 0.172 e. The number of aromatic hydroxyl groups is 1. The van der Waals surface area contributed by atoms with Gasteiger partial charge in [0.05, 0.1) is 23.5 Å². The lowest BCUT2D eigenvalue weighted by Crippen LogP contribution is -1.92. The van der Waals surface area contributed by atoms with E-state index in [1.54, 1.807) is 18.3 Å². The summed E-state index contributed by atoms with van der Waals surface area (Å²) in [5.41, 5.74) is 5.87. The number of nitrogens with zero attached hydrogens (tertiary/aromatic N) is 1. The van der Waals surface area contributed by atoms with E-state index < -0.39 is 0 Å². The van der Waals surface area contributed by atoms with Crippen LogP contribution < -0.4 is 10.2 Å². The molecule has 0 bridgehead atoms. The molecule has 0 unspecified atom stereocenters. The Morgan fingerprint density at radius 2 is 1.90 bits per heavy atom. The first-order chi connectivity index (χ1) is 9.60. The second kappa shape index (κ2) is 7.90. The van der Waals surface area contributed by atoms with Crippen molar-refractivity contribution in [1.29, 1.82) is 0 Å². The van der Waals surface area contributed by atoms with Crippen LogP contribution in [0, 0.1) is 6.92 Å². The van der Waals surface area contributed by atoms with Crippen LogP contribution in [-0.2, 0) is 0 Å². The second-order valence-corrected chi connectivity index (χ2v) is 5.14. The third-order valence-corrected chi connectivity index (χ3v) is 3.33. The number of phenolic OH excluding ortho intramolecular Hbond substituents is 1. The van der Waals surface area contributed by atoms with Crippen molar-refractivity contribution in [2.45, 2.75) is 6.92 Å². The molecule has 0 atom stereocenters. The topological polar surface area (TPSA) is 53.8 Å². The third-order valence-electron chi connectivity index (χ3n) is 2.73. The van der Waals surface area contributed by atoms with Crippen LogP contribution in [0.5, 0.6) is 11.5 Å². The van der Waals surface area contributed by atoms with Crippen LogP contribution in [0.2, 0.25) is 0 Å². The van der Waals surface area contributed by atoms with Crippen molar-refractivity contribution in [1.82, 2.24) is 0 Å². The summed E-state index contributed by atoms with van der Waals surface area (Å²) in [5.74, 6) is 0.479. The summed E-state index contributed by atoms with van der Waals surface area (Å²) < 4.78 is 5.65. The van der Waals surface area contributed by atoms with E-state index in [1.807, 2.05) is 31.2 Å². The predicted molar refractivity (Wildman–Crippen MR) is 92.0 cm³/mol. The molecule has 2 rings (SSSR count). The van der Waals surface area contributed by atoms with Gasteiger partial charge in [0.1, 0.15) is 0 Å². The van der Waals surface area contributed by atoms with Gasteiger partial charge in [0, 0.05) is 0 Å². The van der Waals surface area contributed by atoms with E-state index in [4.69, 9.17) is 4.74 Å². The molecule has 0 aliphatic rings. The standard InChI is InChI=1S/C15H15BrN2O2.ClH/c1-10-3-5-12(6-4-10)18-17-9-11-7-13(16)15(19)14(8-11)20-2;/h3-9,18-19H,1-2H3;1H/b17-9+;. The third kappa shape index (κ3) is 4.65. The number of nitrogens with one attached hydrogen (secondary N) is 1. The van der Waals surface area contributed by atoms with Crippen molar-refractivity contribution < 1.29 is 9.84 Å². The van der Waals surface area contributed by atoms with Gasteiger partial charge in [-0.05, 0) is 52.7 Å². The first kappa shape index (κ1) is 17.3. The molecule has 0 aliphatic heterocycles. The summed E-state index contributed by atoms with van der Waals surface area (Å²) in [6.45, 7) is 2.04. The molecule has 2 aromatic carbocycles. The molecule has 4 nitrogen and oxygen atoms in total. The Morgan fingerprint density at radius 1 is 1.24 bits per heavy atom. The van der Waals surface area contributed by atoms with Gasteiger partial charge in [-0.15, -0.1) is 12.4 Å². The number of aryl methyl sites for hydroxylation is 1. The van der Waals surface area contributed by atoms with Crippen molar-refractivity contribution in [3.8, 4) is 11.5 Å². The van der Waals surface area contributed by atoms with Gasteiger partial charge in [0.2, 0.25) is 0 Å². The van der Waals surface area contributed by atoms with Crippen LogP contribution in [-0.4, -0.2) is 18.4 Å². The number of hydrazone groups is 1. The predicted octanol–water partition coefficient (Wildman–Crippen LogP) is 4.34. The number of anilines is 1. The van der Waals surface area contributed by atoms with Crippen LogP contribution in [0.3, 0.4) is 0 Å². The minimum absolute atomic E-state index is 0. The van der Waals surface area contributed by atoms with Crippen LogP contribution in [0.1, 0.15) is 11.1 Å². The molecule has 0 radical (unpaired) electrons. The lowest BCUT2D eigenvalue weighted by atomic mass is 10.2. The Labute approximate surface area is 138 Å². The van der Waals surface area contributed by atoms with Crippen LogP contribution in [0.25, 0.3) is 0 Å². The van der Waals surface area contributed by atoms with Gasteiger partial charge >= 0.3 is 0 Å². The highest BCUT2D eigenvalue weighted by atomic mass is 79.9.